The molecule has 0 aromatic heterocycles. The van der Waals surface area contributed by atoms with Crippen LogP contribution < -0.4 is 0 Å². The summed E-state index contributed by atoms with van der Waals surface area (Å²) in [4.78, 5) is 37.8. The molecule has 0 aromatic carbocycles. The van der Waals surface area contributed by atoms with E-state index in [-0.39, 0.29) is 37.5 Å². The number of allylic oxidation sites excluding steroid dienone is 18. The van der Waals surface area contributed by atoms with Gasteiger partial charge in [0.25, 0.3) is 0 Å². The fraction of sp³-hybridized carbons (Fsp3) is 0.604. The van der Waals surface area contributed by atoms with E-state index in [1.165, 1.54) is 64.2 Å². The van der Waals surface area contributed by atoms with E-state index in [9.17, 15) is 14.4 Å². The van der Waals surface area contributed by atoms with Crippen LogP contribution in [-0.2, 0) is 28.6 Å². The van der Waals surface area contributed by atoms with E-state index in [0.29, 0.717) is 19.3 Å². The molecule has 0 saturated carbocycles. The first kappa shape index (κ1) is 55.1. The minimum absolute atomic E-state index is 0.112. The summed E-state index contributed by atoms with van der Waals surface area (Å²) in [6, 6.07) is 0. The van der Waals surface area contributed by atoms with Crippen LogP contribution in [0.25, 0.3) is 0 Å². The molecule has 0 radical (unpaired) electrons. The van der Waals surface area contributed by atoms with Gasteiger partial charge in [-0.3, -0.25) is 14.4 Å². The average molecular weight is 817 g/mol. The predicted octanol–water partition coefficient (Wildman–Crippen LogP) is 15.2. The molecule has 6 nitrogen and oxygen atoms in total. The third kappa shape index (κ3) is 45.0. The molecule has 0 heterocycles. The second kappa shape index (κ2) is 46.8. The largest absolute Gasteiger partial charge is 0.462 e. The highest BCUT2D eigenvalue weighted by atomic mass is 16.6. The Hall–Kier alpha value is -3.93. The molecule has 0 aliphatic rings. The number of rotatable bonds is 40. The van der Waals surface area contributed by atoms with Gasteiger partial charge in [-0.15, -0.1) is 0 Å². The van der Waals surface area contributed by atoms with E-state index < -0.39 is 6.10 Å². The van der Waals surface area contributed by atoms with Crippen LogP contribution in [0.5, 0.6) is 0 Å². The van der Waals surface area contributed by atoms with Crippen molar-refractivity contribution in [2.24, 2.45) is 0 Å². The number of hydrogen-bond donors (Lipinski definition) is 0. The van der Waals surface area contributed by atoms with Crippen LogP contribution in [0.4, 0.5) is 0 Å². The van der Waals surface area contributed by atoms with Gasteiger partial charge < -0.3 is 14.2 Å². The molecule has 0 rings (SSSR count). The SMILES string of the molecule is CC\C=C/C=C\C=C/C=C\CCCCCC(=O)OCC(COC(=O)CCCCCCCCC/C=C\CCCCCC)OC(=O)CCCCC\C=C/C=C\C=C/C=C\CC. The van der Waals surface area contributed by atoms with Gasteiger partial charge in [0, 0.05) is 19.3 Å². The molecule has 1 atom stereocenters. The highest BCUT2D eigenvalue weighted by Crippen LogP contribution is 2.13. The van der Waals surface area contributed by atoms with Crippen molar-refractivity contribution in [1.82, 2.24) is 0 Å². The fourth-order valence-corrected chi connectivity index (χ4v) is 5.93. The van der Waals surface area contributed by atoms with Crippen LogP contribution >= 0.6 is 0 Å². The molecule has 332 valence electrons. The summed E-state index contributed by atoms with van der Waals surface area (Å²) >= 11 is 0. The summed E-state index contributed by atoms with van der Waals surface area (Å²) in [6.07, 6.45) is 62.1. The topological polar surface area (TPSA) is 78.9 Å². The summed E-state index contributed by atoms with van der Waals surface area (Å²) in [7, 11) is 0. The average Bonchev–Trinajstić information content (AvgIpc) is 3.23. The van der Waals surface area contributed by atoms with Crippen LogP contribution in [0.15, 0.2) is 109 Å². The van der Waals surface area contributed by atoms with Crippen molar-refractivity contribution in [2.45, 2.75) is 194 Å². The van der Waals surface area contributed by atoms with Crippen LogP contribution in [-0.4, -0.2) is 37.2 Å². The number of carbonyl (C=O) groups excluding carboxylic acids is 3. The first-order chi connectivity index (χ1) is 29.0. The first-order valence-corrected chi connectivity index (χ1v) is 23.5. The van der Waals surface area contributed by atoms with E-state index in [0.717, 1.165) is 77.0 Å². The van der Waals surface area contributed by atoms with Gasteiger partial charge >= 0.3 is 17.9 Å². The van der Waals surface area contributed by atoms with Gasteiger partial charge in [0.15, 0.2) is 6.10 Å². The summed E-state index contributed by atoms with van der Waals surface area (Å²) in [5.41, 5.74) is 0. The van der Waals surface area contributed by atoms with Gasteiger partial charge in [-0.1, -0.05) is 194 Å². The Balaban J connectivity index is 4.53. The lowest BCUT2D eigenvalue weighted by molar-refractivity contribution is -0.167. The van der Waals surface area contributed by atoms with Crippen LogP contribution in [0.1, 0.15) is 188 Å². The Kier molecular flexibility index (Phi) is 43.6. The third-order valence-electron chi connectivity index (χ3n) is 9.43. The molecule has 59 heavy (non-hydrogen) atoms. The van der Waals surface area contributed by atoms with Crippen molar-refractivity contribution >= 4 is 17.9 Å². The maximum absolute atomic E-state index is 12.7. The Morgan fingerprint density at radius 2 is 0.678 bits per heavy atom. The van der Waals surface area contributed by atoms with Crippen molar-refractivity contribution in [2.75, 3.05) is 13.2 Å². The molecule has 0 spiro atoms. The number of unbranched alkanes of at least 4 members (excludes halogenated alkanes) is 17. The minimum Gasteiger partial charge on any atom is -0.462 e. The maximum Gasteiger partial charge on any atom is 0.306 e. The molecule has 0 amide bonds. The molecule has 0 bridgehead atoms. The fourth-order valence-electron chi connectivity index (χ4n) is 5.93. The molecular formula is C53H84O6. The standard InChI is InChI=1S/C53H84O6/c1-4-7-10-13-16-19-22-25-26-29-31-34-37-40-43-46-52(55)58-49-50(59-53(56)47-44-41-38-35-32-28-24-21-18-15-12-9-6-3)48-57-51(54)45-42-39-36-33-30-27-23-20-17-14-11-8-5-2/h8-9,11-12,14-15,17-24,27-28,30,32,50H,4-7,10,13,16,25-26,29,31,33-49H2,1-3H3/b11-8-,12-9-,17-14-,18-15-,22-19-,23-20-,24-21-,30-27-,32-28-. The van der Waals surface area contributed by atoms with Gasteiger partial charge in [-0.25, -0.2) is 0 Å². The number of esters is 3. The monoisotopic (exact) mass is 817 g/mol. The number of ether oxygens (including phenoxy) is 3. The second-order valence-corrected chi connectivity index (χ2v) is 15.1. The van der Waals surface area contributed by atoms with Gasteiger partial charge in [0.05, 0.1) is 0 Å². The quantitative estimate of drug-likeness (QED) is 0.0201. The zero-order valence-electron chi connectivity index (χ0n) is 37.7. The van der Waals surface area contributed by atoms with Crippen molar-refractivity contribution in [3.8, 4) is 0 Å². The Morgan fingerprint density at radius 3 is 1.10 bits per heavy atom. The van der Waals surface area contributed by atoms with E-state index in [2.05, 4.69) is 57.2 Å². The molecule has 1 unspecified atom stereocenters. The summed E-state index contributed by atoms with van der Waals surface area (Å²) < 4.78 is 16.7. The predicted molar refractivity (Wildman–Crippen MR) is 251 cm³/mol. The van der Waals surface area contributed by atoms with Crippen molar-refractivity contribution in [1.29, 1.82) is 0 Å². The molecule has 0 aliphatic heterocycles. The molecule has 0 N–H and O–H groups in total. The molecule has 0 aromatic rings. The van der Waals surface area contributed by atoms with Gasteiger partial charge in [-0.2, -0.15) is 0 Å². The highest BCUT2D eigenvalue weighted by molar-refractivity contribution is 5.71. The van der Waals surface area contributed by atoms with E-state index in [1.807, 2.05) is 72.9 Å². The number of carbonyl (C=O) groups is 3. The summed E-state index contributed by atoms with van der Waals surface area (Å²) in [6.45, 7) is 6.24. The van der Waals surface area contributed by atoms with Gasteiger partial charge in [-0.05, 0) is 83.5 Å². The third-order valence-corrected chi connectivity index (χ3v) is 9.43. The van der Waals surface area contributed by atoms with Crippen molar-refractivity contribution in [3.63, 3.8) is 0 Å². The van der Waals surface area contributed by atoms with Crippen molar-refractivity contribution in [3.05, 3.63) is 109 Å². The first-order valence-electron chi connectivity index (χ1n) is 23.5. The molecule has 6 heteroatoms. The van der Waals surface area contributed by atoms with Gasteiger partial charge in [0.2, 0.25) is 0 Å². The highest BCUT2D eigenvalue weighted by Gasteiger charge is 2.19. The Bertz CT molecular complexity index is 1260. The van der Waals surface area contributed by atoms with Crippen LogP contribution in [0, 0.1) is 0 Å². The van der Waals surface area contributed by atoms with E-state index in [4.69, 9.17) is 14.2 Å². The van der Waals surface area contributed by atoms with E-state index >= 15 is 0 Å². The summed E-state index contributed by atoms with van der Waals surface area (Å²) in [5.74, 6) is -1.01. The Labute approximate surface area is 361 Å². The Morgan fingerprint density at radius 1 is 0.356 bits per heavy atom. The lowest BCUT2D eigenvalue weighted by atomic mass is 10.1. The zero-order chi connectivity index (χ0) is 43.0. The molecule has 0 aliphatic carbocycles. The second-order valence-electron chi connectivity index (χ2n) is 15.1. The van der Waals surface area contributed by atoms with Gasteiger partial charge in [0.1, 0.15) is 13.2 Å². The molecule has 0 fully saturated rings. The lowest BCUT2D eigenvalue weighted by Gasteiger charge is -2.18. The van der Waals surface area contributed by atoms with Crippen molar-refractivity contribution < 1.29 is 28.6 Å². The lowest BCUT2D eigenvalue weighted by Crippen LogP contribution is -2.30. The molecule has 0 saturated heterocycles. The molecular weight excluding hydrogens is 733 g/mol. The number of hydrogen-bond acceptors (Lipinski definition) is 6. The maximum atomic E-state index is 12.7. The zero-order valence-corrected chi connectivity index (χ0v) is 37.7. The minimum atomic E-state index is -0.816. The van der Waals surface area contributed by atoms with Crippen LogP contribution in [0.3, 0.4) is 0 Å². The summed E-state index contributed by atoms with van der Waals surface area (Å²) in [5, 5.41) is 0. The smallest absolute Gasteiger partial charge is 0.306 e. The van der Waals surface area contributed by atoms with E-state index in [1.54, 1.807) is 0 Å². The van der Waals surface area contributed by atoms with Crippen LogP contribution in [0.2, 0.25) is 0 Å². The normalized spacial score (nSPS) is 13.1.